The third-order valence-corrected chi connectivity index (χ3v) is 5.28. The van der Waals surface area contributed by atoms with Crippen molar-refractivity contribution in [2.24, 2.45) is 5.92 Å². The predicted octanol–water partition coefficient (Wildman–Crippen LogP) is 2.21. The Morgan fingerprint density at radius 3 is 2.24 bits per heavy atom. The first-order valence-corrected chi connectivity index (χ1v) is 9.19. The van der Waals surface area contributed by atoms with Crippen LogP contribution in [-0.2, 0) is 19.6 Å². The standard InChI is InChI=1S/C17H25NO6S/c1-11(2)12(3)18-25(20,21)15-10-13(7-8-16(19)23-5)9-14(22-4)17(15)24-6/h7-12,18H,1-6H3/b8-7+. The molecule has 1 aromatic carbocycles. The number of carbonyl (C=O) groups excluding carboxylic acids is 1. The Hall–Kier alpha value is -2.06. The fraction of sp³-hybridized carbons (Fsp3) is 0.471. The monoisotopic (exact) mass is 371 g/mol. The predicted molar refractivity (Wildman–Crippen MR) is 95.2 cm³/mol. The summed E-state index contributed by atoms with van der Waals surface area (Å²) in [5.41, 5.74) is 0.459. The Morgan fingerprint density at radius 1 is 1.12 bits per heavy atom. The lowest BCUT2D eigenvalue weighted by Gasteiger charge is -2.20. The molecule has 8 heteroatoms. The van der Waals surface area contributed by atoms with Crippen LogP contribution in [0.1, 0.15) is 26.3 Å². The summed E-state index contributed by atoms with van der Waals surface area (Å²) in [7, 11) is 0.183. The highest BCUT2D eigenvalue weighted by molar-refractivity contribution is 7.89. The van der Waals surface area contributed by atoms with Crippen LogP contribution in [-0.4, -0.2) is 41.8 Å². The van der Waals surface area contributed by atoms with Crippen molar-refractivity contribution in [2.45, 2.75) is 31.7 Å². The van der Waals surface area contributed by atoms with E-state index in [1.165, 1.54) is 39.5 Å². The minimum Gasteiger partial charge on any atom is -0.493 e. The molecule has 0 aliphatic rings. The van der Waals surface area contributed by atoms with E-state index in [4.69, 9.17) is 9.47 Å². The van der Waals surface area contributed by atoms with E-state index >= 15 is 0 Å². The van der Waals surface area contributed by atoms with Crippen molar-refractivity contribution >= 4 is 22.1 Å². The fourth-order valence-electron chi connectivity index (χ4n) is 1.92. The van der Waals surface area contributed by atoms with Gasteiger partial charge in [-0.3, -0.25) is 0 Å². The number of hydrogen-bond acceptors (Lipinski definition) is 6. The minimum atomic E-state index is -3.85. The van der Waals surface area contributed by atoms with E-state index < -0.39 is 16.0 Å². The molecule has 0 fully saturated rings. The molecule has 0 bridgehead atoms. The lowest BCUT2D eigenvalue weighted by Crippen LogP contribution is -2.36. The van der Waals surface area contributed by atoms with Crippen molar-refractivity contribution in [1.29, 1.82) is 0 Å². The van der Waals surface area contributed by atoms with Crippen molar-refractivity contribution in [3.05, 3.63) is 23.8 Å². The largest absolute Gasteiger partial charge is 0.493 e. The molecule has 0 spiro atoms. The third-order valence-electron chi connectivity index (χ3n) is 3.71. The molecule has 1 rings (SSSR count). The molecule has 0 heterocycles. The number of sulfonamides is 1. The highest BCUT2D eigenvalue weighted by Crippen LogP contribution is 2.36. The van der Waals surface area contributed by atoms with Gasteiger partial charge in [-0.1, -0.05) is 13.8 Å². The molecule has 1 atom stereocenters. The van der Waals surface area contributed by atoms with Gasteiger partial charge in [0.25, 0.3) is 0 Å². The van der Waals surface area contributed by atoms with E-state index in [-0.39, 0.29) is 28.4 Å². The van der Waals surface area contributed by atoms with Crippen LogP contribution in [0.15, 0.2) is 23.1 Å². The summed E-state index contributed by atoms with van der Waals surface area (Å²) < 4.78 is 43.2. The third kappa shape index (κ3) is 5.47. The first-order chi connectivity index (χ1) is 11.7. The van der Waals surface area contributed by atoms with Crippen LogP contribution in [0.25, 0.3) is 6.08 Å². The molecule has 0 aromatic heterocycles. The molecule has 1 unspecified atom stereocenters. The van der Waals surface area contributed by atoms with Crippen molar-refractivity contribution in [3.8, 4) is 11.5 Å². The average Bonchev–Trinajstić information content (AvgIpc) is 2.57. The molecular weight excluding hydrogens is 346 g/mol. The van der Waals surface area contributed by atoms with Crippen molar-refractivity contribution in [2.75, 3.05) is 21.3 Å². The Labute approximate surface area is 149 Å². The first kappa shape index (κ1) is 21.0. The molecule has 0 saturated heterocycles. The molecule has 25 heavy (non-hydrogen) atoms. The zero-order chi connectivity index (χ0) is 19.2. The molecule has 0 radical (unpaired) electrons. The Balaban J connectivity index is 3.45. The summed E-state index contributed by atoms with van der Waals surface area (Å²) in [5, 5.41) is 0. The molecule has 0 saturated carbocycles. The number of ether oxygens (including phenoxy) is 3. The van der Waals surface area contributed by atoms with Gasteiger partial charge >= 0.3 is 5.97 Å². The molecule has 0 amide bonds. The van der Waals surface area contributed by atoms with Gasteiger partial charge in [-0.2, -0.15) is 0 Å². The summed E-state index contributed by atoms with van der Waals surface area (Å²) in [6.45, 7) is 5.62. The molecule has 0 aliphatic heterocycles. The van der Waals surface area contributed by atoms with Crippen LogP contribution in [0.4, 0.5) is 0 Å². The topological polar surface area (TPSA) is 90.9 Å². The highest BCUT2D eigenvalue weighted by atomic mass is 32.2. The summed E-state index contributed by atoms with van der Waals surface area (Å²) >= 11 is 0. The number of rotatable bonds is 8. The van der Waals surface area contributed by atoms with Crippen LogP contribution < -0.4 is 14.2 Å². The van der Waals surface area contributed by atoms with Crippen LogP contribution in [0.2, 0.25) is 0 Å². The molecular formula is C17H25NO6S. The number of carbonyl (C=O) groups is 1. The highest BCUT2D eigenvalue weighted by Gasteiger charge is 2.26. The van der Waals surface area contributed by atoms with Gasteiger partial charge in [0.1, 0.15) is 4.90 Å². The minimum absolute atomic E-state index is 0.0636. The number of hydrogen-bond donors (Lipinski definition) is 1. The van der Waals surface area contributed by atoms with Crippen molar-refractivity contribution in [3.63, 3.8) is 0 Å². The quantitative estimate of drug-likeness (QED) is 0.556. The lowest BCUT2D eigenvalue weighted by molar-refractivity contribution is -0.134. The van der Waals surface area contributed by atoms with Gasteiger partial charge in [0.05, 0.1) is 21.3 Å². The van der Waals surface area contributed by atoms with Gasteiger partial charge in [-0.25, -0.2) is 17.9 Å². The van der Waals surface area contributed by atoms with E-state index in [9.17, 15) is 13.2 Å². The maximum atomic E-state index is 12.8. The van der Waals surface area contributed by atoms with Gasteiger partial charge in [-0.05, 0) is 36.6 Å². The summed E-state index contributed by atoms with van der Waals surface area (Å²) in [6, 6.07) is 2.72. The van der Waals surface area contributed by atoms with E-state index in [1.54, 1.807) is 13.0 Å². The number of esters is 1. The van der Waals surface area contributed by atoms with Crippen LogP contribution in [0.5, 0.6) is 11.5 Å². The average molecular weight is 371 g/mol. The maximum absolute atomic E-state index is 12.8. The summed E-state index contributed by atoms with van der Waals surface area (Å²) in [6.07, 6.45) is 2.64. The molecule has 7 nitrogen and oxygen atoms in total. The summed E-state index contributed by atoms with van der Waals surface area (Å²) in [4.78, 5) is 11.2. The number of methoxy groups -OCH3 is 3. The zero-order valence-corrected chi connectivity index (χ0v) is 16.1. The van der Waals surface area contributed by atoms with E-state index in [1.807, 2.05) is 13.8 Å². The second-order valence-electron chi connectivity index (χ2n) is 5.77. The first-order valence-electron chi connectivity index (χ1n) is 7.70. The second-order valence-corrected chi connectivity index (χ2v) is 7.45. The number of nitrogens with one attached hydrogen (secondary N) is 1. The van der Waals surface area contributed by atoms with Crippen LogP contribution in [0, 0.1) is 5.92 Å². The summed E-state index contributed by atoms with van der Waals surface area (Å²) in [5.74, 6) is -0.0934. The van der Waals surface area contributed by atoms with Crippen molar-refractivity contribution < 1.29 is 27.4 Å². The Morgan fingerprint density at radius 2 is 1.76 bits per heavy atom. The molecule has 1 aromatic rings. The lowest BCUT2D eigenvalue weighted by atomic mass is 10.1. The van der Waals surface area contributed by atoms with Gasteiger partial charge in [0.2, 0.25) is 10.0 Å². The smallest absolute Gasteiger partial charge is 0.330 e. The van der Waals surface area contributed by atoms with Crippen molar-refractivity contribution in [1.82, 2.24) is 4.72 Å². The van der Waals surface area contributed by atoms with Gasteiger partial charge in [0.15, 0.2) is 11.5 Å². The Bertz CT molecular complexity index is 740. The van der Waals surface area contributed by atoms with Gasteiger partial charge in [0, 0.05) is 12.1 Å². The Kier molecular flexibility index (Phi) is 7.44. The number of benzene rings is 1. The van der Waals surface area contributed by atoms with E-state index in [0.717, 1.165) is 0 Å². The van der Waals surface area contributed by atoms with E-state index in [2.05, 4.69) is 9.46 Å². The van der Waals surface area contributed by atoms with E-state index in [0.29, 0.717) is 5.56 Å². The molecule has 140 valence electrons. The fourth-order valence-corrected chi connectivity index (χ4v) is 3.53. The maximum Gasteiger partial charge on any atom is 0.330 e. The SMILES string of the molecule is COC(=O)/C=C/c1cc(OC)c(OC)c(S(=O)(=O)NC(C)C(C)C)c1. The van der Waals surface area contributed by atoms with Gasteiger partial charge < -0.3 is 14.2 Å². The normalized spacial score (nSPS) is 13.1. The van der Waals surface area contributed by atoms with Gasteiger partial charge in [-0.15, -0.1) is 0 Å². The zero-order valence-electron chi connectivity index (χ0n) is 15.3. The van der Waals surface area contributed by atoms with Crippen LogP contribution in [0.3, 0.4) is 0 Å². The second kappa shape index (κ2) is 8.87. The molecule has 1 N–H and O–H groups in total. The molecule has 0 aliphatic carbocycles. The van der Waals surface area contributed by atoms with Crippen LogP contribution >= 0.6 is 0 Å².